The molecule has 0 saturated carbocycles. The highest BCUT2D eigenvalue weighted by atomic mass is 15.1. The maximum atomic E-state index is 9.48. The van der Waals surface area contributed by atoms with Gasteiger partial charge >= 0.3 is 0 Å². The van der Waals surface area contributed by atoms with E-state index in [1.165, 1.54) is 0 Å². The van der Waals surface area contributed by atoms with E-state index in [1.54, 1.807) is 0 Å². The van der Waals surface area contributed by atoms with Crippen LogP contribution in [0.2, 0.25) is 0 Å². The van der Waals surface area contributed by atoms with Crippen molar-refractivity contribution in [3.63, 3.8) is 0 Å². The molecular weight excluding hydrogens is 250 g/mol. The summed E-state index contributed by atoms with van der Waals surface area (Å²) in [6.45, 7) is 6.39. The zero-order chi connectivity index (χ0) is 14.9. The Morgan fingerprint density at radius 2 is 2.05 bits per heavy atom. The third-order valence-electron chi connectivity index (χ3n) is 4.60. The Kier molecular flexibility index (Phi) is 3.53. The van der Waals surface area contributed by atoms with Crippen LogP contribution in [-0.4, -0.2) is 24.5 Å². The molecule has 2 rings (SSSR count). The highest BCUT2D eigenvalue weighted by Crippen LogP contribution is 2.48. The van der Waals surface area contributed by atoms with Crippen LogP contribution in [0.5, 0.6) is 0 Å². The molecule has 0 amide bonds. The summed E-state index contributed by atoms with van der Waals surface area (Å²) >= 11 is 0. The second-order valence-corrected chi connectivity index (χ2v) is 5.34. The van der Waals surface area contributed by atoms with Crippen LogP contribution in [0, 0.1) is 51.2 Å². The fourth-order valence-electron chi connectivity index (χ4n) is 3.18. The summed E-state index contributed by atoms with van der Waals surface area (Å²) in [6, 6.07) is 6.21. The monoisotopic (exact) mass is 267 g/mol. The van der Waals surface area contributed by atoms with Gasteiger partial charge in [-0.05, 0) is 12.1 Å². The highest BCUT2D eigenvalue weighted by molar-refractivity contribution is 5.56. The molecule has 1 heterocycles. The first-order valence-corrected chi connectivity index (χ1v) is 6.71. The minimum Gasteiger partial charge on any atom is -0.399 e. The third-order valence-corrected chi connectivity index (χ3v) is 4.60. The molecule has 1 aliphatic heterocycles. The minimum absolute atomic E-state index is 0.00458. The van der Waals surface area contributed by atoms with E-state index in [9.17, 15) is 15.8 Å². The Hall–Kier alpha value is -2.29. The second-order valence-electron chi connectivity index (χ2n) is 5.34. The molecule has 0 spiro atoms. The van der Waals surface area contributed by atoms with Crippen molar-refractivity contribution in [1.82, 2.24) is 4.90 Å². The first-order valence-electron chi connectivity index (χ1n) is 6.71. The van der Waals surface area contributed by atoms with Crippen molar-refractivity contribution in [2.24, 2.45) is 23.0 Å². The van der Waals surface area contributed by atoms with Gasteiger partial charge < -0.3 is 5.73 Å². The van der Waals surface area contributed by atoms with Crippen molar-refractivity contribution in [2.75, 3.05) is 19.6 Å². The molecule has 2 aliphatic rings. The fourth-order valence-corrected chi connectivity index (χ4v) is 3.18. The molecule has 0 aromatic heterocycles. The molecule has 0 unspecified atom stereocenters. The van der Waals surface area contributed by atoms with Gasteiger partial charge in [-0.25, -0.2) is 0 Å². The number of hydrogen-bond acceptors (Lipinski definition) is 5. The zero-order valence-electron chi connectivity index (χ0n) is 11.7. The van der Waals surface area contributed by atoms with Crippen molar-refractivity contribution in [3.8, 4) is 18.2 Å². The normalized spacial score (nSPS) is 28.6. The first-order chi connectivity index (χ1) is 9.55. The molecule has 0 aromatic carbocycles. The molecule has 0 fully saturated rings. The average Bonchev–Trinajstić information content (AvgIpc) is 2.49. The summed E-state index contributed by atoms with van der Waals surface area (Å²) in [4.78, 5) is 2.24. The summed E-state index contributed by atoms with van der Waals surface area (Å²) in [5.41, 5.74) is 5.96. The summed E-state index contributed by atoms with van der Waals surface area (Å²) in [5, 5.41) is 28.3. The van der Waals surface area contributed by atoms with E-state index in [0.717, 1.165) is 25.2 Å². The average molecular weight is 267 g/mol. The van der Waals surface area contributed by atoms with E-state index in [4.69, 9.17) is 5.73 Å². The summed E-state index contributed by atoms with van der Waals surface area (Å²) in [7, 11) is 0. The molecule has 5 nitrogen and oxygen atoms in total. The lowest BCUT2D eigenvalue weighted by Gasteiger charge is -2.43. The van der Waals surface area contributed by atoms with Gasteiger partial charge in [-0.3, -0.25) is 4.90 Å². The van der Waals surface area contributed by atoms with Crippen LogP contribution < -0.4 is 5.73 Å². The Morgan fingerprint density at radius 3 is 2.55 bits per heavy atom. The Labute approximate surface area is 119 Å². The smallest absolute Gasteiger partial charge is 0.187 e. The van der Waals surface area contributed by atoms with E-state index in [0.29, 0.717) is 5.57 Å². The van der Waals surface area contributed by atoms with Crippen LogP contribution in [0.15, 0.2) is 22.9 Å². The van der Waals surface area contributed by atoms with Crippen LogP contribution in [0.4, 0.5) is 0 Å². The number of likely N-dealkylation sites (N-methyl/N-ethyl adjacent to an activating group) is 1. The van der Waals surface area contributed by atoms with Gasteiger partial charge in [0, 0.05) is 24.9 Å². The predicted octanol–water partition coefficient (Wildman–Crippen LogP) is 1.28. The van der Waals surface area contributed by atoms with Gasteiger partial charge in [-0.15, -0.1) is 0 Å². The van der Waals surface area contributed by atoms with E-state index in [2.05, 4.69) is 30.0 Å². The Bertz CT molecular complexity index is 594. The van der Waals surface area contributed by atoms with E-state index in [1.807, 2.05) is 13.0 Å². The van der Waals surface area contributed by atoms with Gasteiger partial charge in [0.15, 0.2) is 5.41 Å². The van der Waals surface area contributed by atoms with Gasteiger partial charge in [-0.2, -0.15) is 15.8 Å². The highest BCUT2D eigenvalue weighted by Gasteiger charge is 2.51. The Morgan fingerprint density at radius 1 is 1.40 bits per heavy atom. The van der Waals surface area contributed by atoms with E-state index < -0.39 is 5.41 Å². The maximum Gasteiger partial charge on any atom is 0.187 e. The van der Waals surface area contributed by atoms with Crippen LogP contribution in [0.3, 0.4) is 0 Å². The predicted molar refractivity (Wildman–Crippen MR) is 73.3 cm³/mol. The molecule has 2 N–H and O–H groups in total. The fraction of sp³-hybridized carbons (Fsp3) is 0.533. The number of nitriles is 3. The standard InChI is InChI=1S/C15H17N5/c1-3-20-5-4-11-12(6-16)14(19)15(8-17,9-18)10(2)13(11)7-20/h4,10,13H,3,5,7,19H2,1-2H3/t10-,13+/m0/s1. The van der Waals surface area contributed by atoms with Crippen molar-refractivity contribution >= 4 is 0 Å². The number of fused-ring (bicyclic) bond motifs is 1. The zero-order valence-corrected chi connectivity index (χ0v) is 11.7. The summed E-state index contributed by atoms with van der Waals surface area (Å²) in [6.07, 6.45) is 2.01. The van der Waals surface area contributed by atoms with Crippen molar-refractivity contribution in [2.45, 2.75) is 13.8 Å². The lowest BCUT2D eigenvalue weighted by atomic mass is 9.61. The van der Waals surface area contributed by atoms with E-state index >= 15 is 0 Å². The summed E-state index contributed by atoms with van der Waals surface area (Å²) in [5.74, 6) is -0.222. The molecule has 5 heteroatoms. The van der Waals surface area contributed by atoms with Gasteiger partial charge in [0.25, 0.3) is 0 Å². The number of rotatable bonds is 1. The quantitative estimate of drug-likeness (QED) is 0.771. The van der Waals surface area contributed by atoms with Crippen molar-refractivity contribution < 1.29 is 0 Å². The molecule has 0 aromatic rings. The van der Waals surface area contributed by atoms with Gasteiger partial charge in [0.1, 0.15) is 6.07 Å². The van der Waals surface area contributed by atoms with Crippen molar-refractivity contribution in [3.05, 3.63) is 22.9 Å². The van der Waals surface area contributed by atoms with E-state index in [-0.39, 0.29) is 17.5 Å². The molecule has 102 valence electrons. The summed E-state index contributed by atoms with van der Waals surface area (Å²) < 4.78 is 0. The SMILES string of the molecule is CCN1CC=C2C(C#N)=C(N)C(C#N)(C#N)[C@@H](C)[C@H]2C1. The van der Waals surface area contributed by atoms with Gasteiger partial charge in [-0.1, -0.05) is 19.9 Å². The Balaban J connectivity index is 2.65. The topological polar surface area (TPSA) is 101 Å². The molecule has 0 bridgehead atoms. The molecule has 2 atom stereocenters. The van der Waals surface area contributed by atoms with Gasteiger partial charge in [0.2, 0.25) is 0 Å². The van der Waals surface area contributed by atoms with Crippen molar-refractivity contribution in [1.29, 1.82) is 15.8 Å². The number of allylic oxidation sites excluding steroid dienone is 2. The van der Waals surface area contributed by atoms with Gasteiger partial charge in [0.05, 0.1) is 23.4 Å². The lowest BCUT2D eigenvalue weighted by Crippen LogP contribution is -2.48. The molecule has 20 heavy (non-hydrogen) atoms. The number of nitrogens with zero attached hydrogens (tertiary/aromatic N) is 4. The second kappa shape index (κ2) is 5.00. The van der Waals surface area contributed by atoms with Crippen LogP contribution in [0.25, 0.3) is 0 Å². The number of nitrogens with two attached hydrogens (primary N) is 1. The maximum absolute atomic E-state index is 9.48. The first kappa shape index (κ1) is 14.1. The number of hydrogen-bond donors (Lipinski definition) is 1. The van der Waals surface area contributed by atoms with Crippen LogP contribution in [-0.2, 0) is 0 Å². The van der Waals surface area contributed by atoms with Crippen LogP contribution >= 0.6 is 0 Å². The van der Waals surface area contributed by atoms with Crippen LogP contribution in [0.1, 0.15) is 13.8 Å². The minimum atomic E-state index is -1.40. The molecule has 0 radical (unpaired) electrons. The lowest BCUT2D eigenvalue weighted by molar-refractivity contribution is 0.184. The third kappa shape index (κ3) is 1.70. The molecule has 0 saturated heterocycles. The molecular formula is C15H17N5. The molecule has 1 aliphatic carbocycles. The largest absolute Gasteiger partial charge is 0.399 e.